The van der Waals surface area contributed by atoms with Crippen LogP contribution in [0.25, 0.3) is 0 Å². The molecule has 0 aromatic heterocycles. The van der Waals surface area contributed by atoms with Gasteiger partial charge in [0.15, 0.2) is 17.6 Å². The number of nitrogens with two attached hydrogens (primary N) is 1. The van der Waals surface area contributed by atoms with Crippen LogP contribution in [0.1, 0.15) is 19.4 Å². The van der Waals surface area contributed by atoms with Gasteiger partial charge in [0, 0.05) is 13.1 Å². The molecule has 0 radical (unpaired) electrons. The van der Waals surface area contributed by atoms with Crippen molar-refractivity contribution in [1.29, 1.82) is 0 Å². The molecule has 1 aromatic carbocycles. The third-order valence-electron chi connectivity index (χ3n) is 2.69. The molecule has 0 saturated carbocycles. The van der Waals surface area contributed by atoms with Crippen molar-refractivity contribution in [3.05, 3.63) is 34.8 Å². The molecule has 3 N–H and O–H groups in total. The van der Waals surface area contributed by atoms with Gasteiger partial charge >= 0.3 is 0 Å². The van der Waals surface area contributed by atoms with Crippen molar-refractivity contribution in [2.75, 3.05) is 13.2 Å². The van der Waals surface area contributed by atoms with Gasteiger partial charge in [-0.05, 0) is 47.5 Å². The van der Waals surface area contributed by atoms with Crippen LogP contribution in [0, 0.1) is 0 Å². The maximum Gasteiger partial charge on any atom is 0.261 e. The van der Waals surface area contributed by atoms with Crippen LogP contribution in [-0.4, -0.2) is 25.2 Å². The molecular weight excluding hydrogens is 336 g/mol. The van der Waals surface area contributed by atoms with Crippen LogP contribution >= 0.6 is 15.9 Å². The molecule has 0 saturated heterocycles. The lowest BCUT2D eigenvalue weighted by atomic mass is 10.2. The van der Waals surface area contributed by atoms with E-state index in [4.69, 9.17) is 15.2 Å². The Bertz CT molecular complexity index is 506. The van der Waals surface area contributed by atoms with E-state index in [9.17, 15) is 4.79 Å². The number of hydrogen-bond donors (Lipinski definition) is 2. The highest BCUT2D eigenvalue weighted by atomic mass is 79.9. The Morgan fingerprint density at radius 1 is 1.57 bits per heavy atom. The molecule has 6 heteroatoms. The summed E-state index contributed by atoms with van der Waals surface area (Å²) in [6, 6.07) is 3.67. The molecule has 1 aromatic rings. The van der Waals surface area contributed by atoms with E-state index in [1.54, 1.807) is 13.0 Å². The summed E-state index contributed by atoms with van der Waals surface area (Å²) >= 11 is 3.43. The van der Waals surface area contributed by atoms with Crippen LogP contribution in [0.2, 0.25) is 0 Å². The summed E-state index contributed by atoms with van der Waals surface area (Å²) in [4.78, 5) is 11.8. The fraction of sp³-hybridized carbons (Fsp3) is 0.400. The number of benzene rings is 1. The van der Waals surface area contributed by atoms with Crippen LogP contribution in [0.4, 0.5) is 0 Å². The monoisotopic (exact) mass is 356 g/mol. The van der Waals surface area contributed by atoms with Crippen LogP contribution in [0.15, 0.2) is 29.3 Å². The van der Waals surface area contributed by atoms with E-state index in [-0.39, 0.29) is 5.91 Å². The lowest BCUT2D eigenvalue weighted by molar-refractivity contribution is -0.127. The van der Waals surface area contributed by atoms with Gasteiger partial charge in [0.2, 0.25) is 0 Å². The summed E-state index contributed by atoms with van der Waals surface area (Å²) in [6.07, 6.45) is 0.964. The minimum Gasteiger partial charge on any atom is -0.490 e. The topological polar surface area (TPSA) is 73.6 Å². The third kappa shape index (κ3) is 5.06. The molecule has 0 fully saturated rings. The Hall–Kier alpha value is -1.53. The Morgan fingerprint density at radius 2 is 2.29 bits per heavy atom. The maximum absolute atomic E-state index is 11.8. The minimum atomic E-state index is -0.649. The Morgan fingerprint density at radius 3 is 2.86 bits per heavy atom. The summed E-state index contributed by atoms with van der Waals surface area (Å²) < 4.78 is 12.0. The molecule has 1 unspecified atom stereocenters. The van der Waals surface area contributed by atoms with Crippen LogP contribution in [-0.2, 0) is 11.3 Å². The number of ether oxygens (including phenoxy) is 2. The molecule has 0 heterocycles. The molecule has 0 aliphatic carbocycles. The number of rotatable bonds is 8. The lowest BCUT2D eigenvalue weighted by Gasteiger charge is -2.19. The molecule has 1 rings (SSSR count). The van der Waals surface area contributed by atoms with E-state index in [2.05, 4.69) is 27.8 Å². The number of hydrogen-bond acceptors (Lipinski definition) is 4. The number of amides is 1. The summed E-state index contributed by atoms with van der Waals surface area (Å²) in [7, 11) is 0. The molecule has 116 valence electrons. The van der Waals surface area contributed by atoms with Crippen LogP contribution in [0.5, 0.6) is 11.5 Å². The standard InChI is InChI=1S/C15H21BrN2O3/c1-4-6-18-15(19)10(3)21-14-12(16)7-11(9-17)8-13(14)20-5-2/h4,7-8,10H,1,5-6,9,17H2,2-3H3,(H,18,19). The van der Waals surface area contributed by atoms with Gasteiger partial charge in [-0.15, -0.1) is 6.58 Å². The van der Waals surface area contributed by atoms with E-state index < -0.39 is 6.10 Å². The van der Waals surface area contributed by atoms with Crippen LogP contribution in [0.3, 0.4) is 0 Å². The summed E-state index contributed by atoms with van der Waals surface area (Å²) in [5.41, 5.74) is 6.57. The molecular formula is C15H21BrN2O3. The van der Waals surface area contributed by atoms with Gasteiger partial charge in [-0.25, -0.2) is 0 Å². The number of halogens is 1. The van der Waals surface area contributed by atoms with Crippen molar-refractivity contribution in [2.24, 2.45) is 5.73 Å². The van der Waals surface area contributed by atoms with Crippen molar-refractivity contribution in [2.45, 2.75) is 26.5 Å². The summed E-state index contributed by atoms with van der Waals surface area (Å²) in [5, 5.41) is 2.69. The average molecular weight is 357 g/mol. The fourth-order valence-corrected chi connectivity index (χ4v) is 2.25. The highest BCUT2D eigenvalue weighted by molar-refractivity contribution is 9.10. The zero-order valence-electron chi connectivity index (χ0n) is 12.3. The zero-order chi connectivity index (χ0) is 15.8. The molecule has 1 atom stereocenters. The van der Waals surface area contributed by atoms with Gasteiger partial charge in [0.25, 0.3) is 5.91 Å². The highest BCUT2D eigenvalue weighted by Gasteiger charge is 2.19. The predicted octanol–water partition coefficient (Wildman–Crippen LogP) is 2.38. The molecule has 21 heavy (non-hydrogen) atoms. The van der Waals surface area contributed by atoms with Crippen molar-refractivity contribution in [3.8, 4) is 11.5 Å². The Labute approximate surface area is 133 Å². The Balaban J connectivity index is 2.95. The van der Waals surface area contributed by atoms with Crippen LogP contribution < -0.4 is 20.5 Å². The normalized spacial score (nSPS) is 11.6. The summed E-state index contributed by atoms with van der Waals surface area (Å²) in [6.45, 7) is 8.40. The quantitative estimate of drug-likeness (QED) is 0.701. The first kappa shape index (κ1) is 17.5. The lowest BCUT2D eigenvalue weighted by Crippen LogP contribution is -2.36. The molecule has 0 bridgehead atoms. The zero-order valence-corrected chi connectivity index (χ0v) is 13.9. The fourth-order valence-electron chi connectivity index (χ4n) is 1.66. The van der Waals surface area contributed by atoms with Gasteiger partial charge in [-0.1, -0.05) is 6.08 Å². The van der Waals surface area contributed by atoms with E-state index in [0.717, 1.165) is 5.56 Å². The molecule has 0 spiro atoms. The number of nitrogens with one attached hydrogen (secondary N) is 1. The van der Waals surface area contributed by atoms with Crippen molar-refractivity contribution < 1.29 is 14.3 Å². The average Bonchev–Trinajstić information content (AvgIpc) is 2.47. The maximum atomic E-state index is 11.8. The number of carbonyl (C=O) groups excluding carboxylic acids is 1. The third-order valence-corrected chi connectivity index (χ3v) is 3.28. The summed E-state index contributed by atoms with van der Waals surface area (Å²) in [5.74, 6) is 0.846. The van der Waals surface area contributed by atoms with Gasteiger partial charge in [0.1, 0.15) is 0 Å². The van der Waals surface area contributed by atoms with Crippen molar-refractivity contribution >= 4 is 21.8 Å². The first-order chi connectivity index (χ1) is 10.0. The van der Waals surface area contributed by atoms with E-state index in [1.165, 1.54) is 0 Å². The minimum absolute atomic E-state index is 0.216. The largest absolute Gasteiger partial charge is 0.490 e. The molecule has 0 aliphatic heterocycles. The molecule has 0 aliphatic rings. The van der Waals surface area contributed by atoms with Crippen molar-refractivity contribution in [1.82, 2.24) is 5.32 Å². The second-order valence-corrected chi connectivity index (χ2v) is 5.19. The SMILES string of the molecule is C=CCNC(=O)C(C)Oc1c(Br)cc(CN)cc1OCC. The second-order valence-electron chi connectivity index (χ2n) is 4.34. The second kappa shape index (κ2) is 8.69. The predicted molar refractivity (Wildman–Crippen MR) is 86.5 cm³/mol. The van der Waals surface area contributed by atoms with E-state index in [1.807, 2.05) is 19.1 Å². The molecule has 5 nitrogen and oxygen atoms in total. The Kier molecular flexibility index (Phi) is 7.25. The van der Waals surface area contributed by atoms with Gasteiger partial charge in [-0.2, -0.15) is 0 Å². The first-order valence-corrected chi connectivity index (χ1v) is 7.53. The van der Waals surface area contributed by atoms with E-state index >= 15 is 0 Å². The number of carbonyl (C=O) groups is 1. The van der Waals surface area contributed by atoms with Gasteiger partial charge < -0.3 is 20.5 Å². The smallest absolute Gasteiger partial charge is 0.261 e. The molecule has 1 amide bonds. The highest BCUT2D eigenvalue weighted by Crippen LogP contribution is 2.37. The van der Waals surface area contributed by atoms with Gasteiger partial charge in [-0.3, -0.25) is 4.79 Å². The first-order valence-electron chi connectivity index (χ1n) is 6.74. The van der Waals surface area contributed by atoms with Gasteiger partial charge in [0.05, 0.1) is 11.1 Å². The van der Waals surface area contributed by atoms with Crippen molar-refractivity contribution in [3.63, 3.8) is 0 Å². The van der Waals surface area contributed by atoms with E-state index in [0.29, 0.717) is 35.7 Å².